The van der Waals surface area contributed by atoms with Gasteiger partial charge in [-0.05, 0) is 0 Å². The van der Waals surface area contributed by atoms with Gasteiger partial charge in [-0.15, -0.1) is 0 Å². The first-order chi connectivity index (χ1) is 16.6. The number of unbranched alkanes of at least 4 members (excludes halogenated alkanes) is 3. The molecule has 0 N–H and O–H groups in total. The summed E-state index contributed by atoms with van der Waals surface area (Å²) < 4.78 is 8.50. The van der Waals surface area contributed by atoms with E-state index >= 15 is 0 Å². The maximum absolute atomic E-state index is 14.3. The summed E-state index contributed by atoms with van der Waals surface area (Å²) in [6.07, 6.45) is 6.68. The molecule has 0 bridgehead atoms. The van der Waals surface area contributed by atoms with E-state index in [9.17, 15) is 9.59 Å². The molecule has 0 spiro atoms. The van der Waals surface area contributed by atoms with Gasteiger partial charge >= 0.3 is 206 Å². The number of hydrogen-bond donors (Lipinski definition) is 0. The van der Waals surface area contributed by atoms with Crippen LogP contribution in [0, 0.1) is 0 Å². The predicted octanol–water partition coefficient (Wildman–Crippen LogP) is 5.99. The molecule has 0 amide bonds. The van der Waals surface area contributed by atoms with Crippen LogP contribution in [0.15, 0.2) is 64.2 Å². The normalized spacial score (nSPS) is 12.1. The van der Waals surface area contributed by atoms with Gasteiger partial charge in [0.25, 0.3) is 0 Å². The van der Waals surface area contributed by atoms with Crippen molar-refractivity contribution in [2.75, 3.05) is 0 Å². The van der Waals surface area contributed by atoms with E-state index in [1.807, 2.05) is 54.6 Å². The van der Waals surface area contributed by atoms with E-state index in [0.29, 0.717) is 11.5 Å². The van der Waals surface area contributed by atoms with Crippen molar-refractivity contribution >= 4 is 35.5 Å². The van der Waals surface area contributed by atoms with Gasteiger partial charge in [0, 0.05) is 0 Å². The third-order valence-electron chi connectivity index (χ3n) is 6.98. The molecule has 2 aromatic heterocycles. The third-order valence-corrected chi connectivity index (χ3v) is 21.8. The maximum atomic E-state index is 14.3. The molecule has 7 heteroatoms. The fraction of sp³-hybridized carbons (Fsp3) is 0.444. The van der Waals surface area contributed by atoms with Gasteiger partial charge in [0.2, 0.25) is 0 Å². The molecule has 0 saturated heterocycles. The summed E-state index contributed by atoms with van der Waals surface area (Å²) in [6.45, 7) is 6.68. The van der Waals surface area contributed by atoms with Gasteiger partial charge in [-0.3, -0.25) is 0 Å². The Morgan fingerprint density at radius 3 is 1.88 bits per heavy atom. The third kappa shape index (κ3) is 4.49. The summed E-state index contributed by atoms with van der Waals surface area (Å²) in [4.78, 5) is 33.1. The zero-order chi connectivity index (χ0) is 24.1. The first-order valence-electron chi connectivity index (χ1n) is 12.8. The Kier molecular flexibility index (Phi) is 7.96. The quantitative estimate of drug-likeness (QED) is 0.209. The van der Waals surface area contributed by atoms with Crippen LogP contribution in [0.5, 0.6) is 0 Å². The Morgan fingerprint density at radius 2 is 1.29 bits per heavy atom. The molecule has 0 aliphatic rings. The van der Waals surface area contributed by atoms with E-state index in [-0.39, 0.29) is 11.4 Å². The fourth-order valence-corrected chi connectivity index (χ4v) is 21.0. The van der Waals surface area contributed by atoms with Crippen molar-refractivity contribution in [2.24, 2.45) is 0 Å². The second-order valence-electron chi connectivity index (χ2n) is 9.34. The van der Waals surface area contributed by atoms with Crippen LogP contribution in [0.2, 0.25) is 13.3 Å². The van der Waals surface area contributed by atoms with Gasteiger partial charge in [0.15, 0.2) is 0 Å². The first-order valence-corrected chi connectivity index (χ1v) is 20.1. The molecular weight excluding hydrogens is 531 g/mol. The minimum absolute atomic E-state index is 0.196. The SMILES string of the molecule is CCC[CH2][Sn]([CH2]CCC)([CH2]CCC)[n]1c(=O)n(-c2ccccc2)c(=O)n2c3ccccc3nc12. The Hall–Kier alpha value is -2.35. The molecule has 0 aliphatic carbocycles. The van der Waals surface area contributed by atoms with Crippen LogP contribution in [-0.4, -0.2) is 35.4 Å². The predicted molar refractivity (Wildman–Crippen MR) is 143 cm³/mol. The van der Waals surface area contributed by atoms with Gasteiger partial charge in [0.05, 0.1) is 0 Å². The van der Waals surface area contributed by atoms with Crippen LogP contribution < -0.4 is 11.4 Å². The van der Waals surface area contributed by atoms with Crippen LogP contribution in [-0.2, 0) is 0 Å². The summed E-state index contributed by atoms with van der Waals surface area (Å²) in [6, 6.07) is 17.1. The van der Waals surface area contributed by atoms with E-state index in [1.165, 1.54) is 4.57 Å². The summed E-state index contributed by atoms with van der Waals surface area (Å²) in [5, 5.41) is 0. The van der Waals surface area contributed by atoms with Gasteiger partial charge in [-0.25, -0.2) is 0 Å². The van der Waals surface area contributed by atoms with Crippen molar-refractivity contribution in [2.45, 2.75) is 72.6 Å². The standard InChI is InChI=1S/C15H10N4O2.3C4H9.Sn/c20-14-17-13-16-11-8-4-5-9-12(11)19(13)15(21)18(14)10-6-2-1-3-7-10;3*1-3-4-2;/h1-9H,(H,16,17,20);3*1,3-4H2,2H3;/q;;;;+1/p-1. The molecule has 180 valence electrons. The monoisotopic (exact) mass is 568 g/mol. The number of aromatic nitrogens is 4. The molecule has 4 rings (SSSR count). The van der Waals surface area contributed by atoms with E-state index in [1.54, 1.807) is 4.40 Å². The molecule has 0 fully saturated rings. The molecule has 0 unspecified atom stereocenters. The average molecular weight is 567 g/mol. The Balaban J connectivity index is 2.16. The Labute approximate surface area is 205 Å². The number of para-hydroxylation sites is 3. The van der Waals surface area contributed by atoms with Crippen molar-refractivity contribution in [1.29, 1.82) is 0 Å². The molecule has 2 heterocycles. The van der Waals surface area contributed by atoms with Crippen molar-refractivity contribution < 1.29 is 0 Å². The second kappa shape index (κ2) is 10.9. The van der Waals surface area contributed by atoms with E-state index in [4.69, 9.17) is 4.98 Å². The van der Waals surface area contributed by atoms with E-state index in [2.05, 4.69) is 23.6 Å². The van der Waals surface area contributed by atoms with Gasteiger partial charge < -0.3 is 0 Å². The van der Waals surface area contributed by atoms with Gasteiger partial charge in [-0.2, -0.15) is 0 Å². The van der Waals surface area contributed by atoms with Crippen molar-refractivity contribution in [3.63, 3.8) is 0 Å². The number of fused-ring (bicyclic) bond motifs is 3. The van der Waals surface area contributed by atoms with Crippen molar-refractivity contribution in [1.82, 2.24) is 16.7 Å². The Morgan fingerprint density at radius 1 is 0.735 bits per heavy atom. The molecular formula is C27H36N4O2Sn. The topological polar surface area (TPSA) is 61.3 Å². The molecule has 2 aromatic carbocycles. The second-order valence-corrected chi connectivity index (χ2v) is 21.9. The molecule has 34 heavy (non-hydrogen) atoms. The van der Waals surface area contributed by atoms with Crippen LogP contribution in [0.4, 0.5) is 0 Å². The number of hydrogen-bond acceptors (Lipinski definition) is 3. The molecule has 0 atom stereocenters. The molecule has 4 aromatic rings. The molecule has 0 aliphatic heterocycles. The van der Waals surface area contributed by atoms with E-state index in [0.717, 1.165) is 62.9 Å². The van der Waals surface area contributed by atoms with Crippen LogP contribution >= 0.6 is 0 Å². The molecule has 6 nitrogen and oxygen atoms in total. The van der Waals surface area contributed by atoms with Gasteiger partial charge in [-0.1, -0.05) is 0 Å². The average Bonchev–Trinajstić information content (AvgIpc) is 3.24. The first kappa shape index (κ1) is 24.8. The summed E-state index contributed by atoms with van der Waals surface area (Å²) in [5.74, 6) is 0.558. The number of nitrogens with zero attached hydrogens (tertiary/aromatic N) is 4. The zero-order valence-corrected chi connectivity index (χ0v) is 23.5. The van der Waals surface area contributed by atoms with Crippen molar-refractivity contribution in [3.05, 3.63) is 75.6 Å². The summed E-state index contributed by atoms with van der Waals surface area (Å²) in [7, 11) is 0. The number of imidazole rings is 1. The minimum atomic E-state index is -3.33. The fourth-order valence-electron chi connectivity index (χ4n) is 5.16. The number of benzene rings is 2. The van der Waals surface area contributed by atoms with Crippen LogP contribution in [0.1, 0.15) is 59.3 Å². The van der Waals surface area contributed by atoms with Crippen LogP contribution in [0.3, 0.4) is 0 Å². The van der Waals surface area contributed by atoms with E-state index < -0.39 is 18.7 Å². The summed E-state index contributed by atoms with van der Waals surface area (Å²) in [5.41, 5.74) is 1.62. The van der Waals surface area contributed by atoms with Crippen molar-refractivity contribution in [3.8, 4) is 5.69 Å². The number of rotatable bonds is 11. The van der Waals surface area contributed by atoms with Gasteiger partial charge in [0.1, 0.15) is 0 Å². The molecule has 0 saturated carbocycles. The molecule has 0 radical (unpaired) electrons. The Bertz CT molecular complexity index is 1350. The summed E-state index contributed by atoms with van der Waals surface area (Å²) >= 11 is -3.33. The van der Waals surface area contributed by atoms with Crippen LogP contribution in [0.25, 0.3) is 22.5 Å². The zero-order valence-electron chi connectivity index (χ0n) is 20.7.